The summed E-state index contributed by atoms with van der Waals surface area (Å²) in [6.45, 7) is 6.37. The number of benzene rings is 1. The summed E-state index contributed by atoms with van der Waals surface area (Å²) >= 11 is 0. The van der Waals surface area contributed by atoms with E-state index < -0.39 is 0 Å². The van der Waals surface area contributed by atoms with Crippen LogP contribution in [-0.4, -0.2) is 24.1 Å². The van der Waals surface area contributed by atoms with Crippen LogP contribution in [-0.2, 0) is 0 Å². The lowest BCUT2D eigenvalue weighted by Gasteiger charge is -2.22. The Hall–Kier alpha value is -1.94. The van der Waals surface area contributed by atoms with Crippen molar-refractivity contribution in [3.8, 4) is 5.88 Å². The van der Waals surface area contributed by atoms with E-state index in [2.05, 4.69) is 48.2 Å². The van der Waals surface area contributed by atoms with Gasteiger partial charge in [-0.3, -0.25) is 4.98 Å². The number of hydrogen-bond acceptors (Lipinski definition) is 4. The van der Waals surface area contributed by atoms with Crippen LogP contribution in [0.3, 0.4) is 0 Å². The third-order valence-corrected chi connectivity index (χ3v) is 3.47. The molecular formula is C16H21N3O. The molecule has 1 unspecified atom stereocenters. The van der Waals surface area contributed by atoms with Gasteiger partial charge in [0, 0.05) is 12.4 Å². The van der Waals surface area contributed by atoms with Gasteiger partial charge in [-0.2, -0.15) is 0 Å². The van der Waals surface area contributed by atoms with Gasteiger partial charge in [0.05, 0.1) is 13.2 Å². The van der Waals surface area contributed by atoms with Crippen LogP contribution in [0, 0.1) is 20.8 Å². The SMILES string of the molecule is CNC(c1nccnc1OC)c1c(C)cc(C)cc1C. The monoisotopic (exact) mass is 271 g/mol. The second-order valence-corrected chi connectivity index (χ2v) is 4.98. The molecule has 4 heteroatoms. The van der Waals surface area contributed by atoms with Gasteiger partial charge in [0.25, 0.3) is 0 Å². The number of nitrogens with zero attached hydrogens (tertiary/aromatic N) is 2. The lowest BCUT2D eigenvalue weighted by atomic mass is 9.92. The highest BCUT2D eigenvalue weighted by atomic mass is 16.5. The fourth-order valence-corrected chi connectivity index (χ4v) is 2.76. The molecule has 0 aliphatic heterocycles. The van der Waals surface area contributed by atoms with Crippen molar-refractivity contribution < 1.29 is 4.74 Å². The molecule has 0 saturated heterocycles. The van der Waals surface area contributed by atoms with Gasteiger partial charge in [0.15, 0.2) is 0 Å². The minimum absolute atomic E-state index is 0.0285. The standard InChI is InChI=1S/C16H21N3O/c1-10-8-11(2)13(12(3)9-10)14(17-4)15-16(20-5)19-7-6-18-15/h6-9,14,17H,1-5H3. The first-order chi connectivity index (χ1) is 9.58. The van der Waals surface area contributed by atoms with E-state index in [4.69, 9.17) is 4.74 Å². The van der Waals surface area contributed by atoms with Crippen molar-refractivity contribution in [1.82, 2.24) is 15.3 Å². The summed E-state index contributed by atoms with van der Waals surface area (Å²) in [5.74, 6) is 0.561. The van der Waals surface area contributed by atoms with E-state index in [0.717, 1.165) is 5.69 Å². The highest BCUT2D eigenvalue weighted by Crippen LogP contribution is 2.31. The maximum Gasteiger partial charge on any atom is 0.237 e. The molecule has 2 aromatic rings. The number of hydrogen-bond donors (Lipinski definition) is 1. The minimum Gasteiger partial charge on any atom is -0.480 e. The van der Waals surface area contributed by atoms with Gasteiger partial charge in [-0.15, -0.1) is 0 Å². The zero-order chi connectivity index (χ0) is 14.7. The molecule has 1 heterocycles. The van der Waals surface area contributed by atoms with Crippen LogP contribution >= 0.6 is 0 Å². The summed E-state index contributed by atoms with van der Waals surface area (Å²) in [5, 5.41) is 3.33. The van der Waals surface area contributed by atoms with E-state index >= 15 is 0 Å². The molecule has 1 N–H and O–H groups in total. The van der Waals surface area contributed by atoms with E-state index in [9.17, 15) is 0 Å². The summed E-state index contributed by atoms with van der Waals surface area (Å²) in [5.41, 5.74) is 5.80. The Morgan fingerprint density at radius 2 is 1.65 bits per heavy atom. The Morgan fingerprint density at radius 3 is 2.20 bits per heavy atom. The molecule has 106 valence electrons. The van der Waals surface area contributed by atoms with E-state index in [1.807, 2.05) is 7.05 Å². The number of nitrogens with one attached hydrogen (secondary N) is 1. The Morgan fingerprint density at radius 1 is 1.05 bits per heavy atom. The molecule has 0 spiro atoms. The van der Waals surface area contributed by atoms with Crippen LogP contribution in [0.15, 0.2) is 24.5 Å². The van der Waals surface area contributed by atoms with Crippen LogP contribution in [0.5, 0.6) is 5.88 Å². The lowest BCUT2D eigenvalue weighted by molar-refractivity contribution is 0.384. The molecule has 0 radical (unpaired) electrons. The fourth-order valence-electron chi connectivity index (χ4n) is 2.76. The quantitative estimate of drug-likeness (QED) is 0.929. The number of rotatable bonds is 4. The second kappa shape index (κ2) is 6.01. The highest BCUT2D eigenvalue weighted by Gasteiger charge is 2.22. The molecule has 0 aliphatic carbocycles. The van der Waals surface area contributed by atoms with Crippen LogP contribution in [0.4, 0.5) is 0 Å². The minimum atomic E-state index is -0.0285. The van der Waals surface area contributed by atoms with E-state index in [1.165, 1.54) is 22.3 Å². The Balaban J connectivity index is 2.59. The van der Waals surface area contributed by atoms with Gasteiger partial charge < -0.3 is 10.1 Å². The van der Waals surface area contributed by atoms with Crippen molar-refractivity contribution in [2.45, 2.75) is 26.8 Å². The van der Waals surface area contributed by atoms with Crippen molar-refractivity contribution in [1.29, 1.82) is 0 Å². The number of methoxy groups -OCH3 is 1. The van der Waals surface area contributed by atoms with Crippen molar-refractivity contribution in [2.75, 3.05) is 14.2 Å². The van der Waals surface area contributed by atoms with Crippen molar-refractivity contribution in [3.63, 3.8) is 0 Å². The molecule has 0 bridgehead atoms. The van der Waals surface area contributed by atoms with Crippen LogP contribution in [0.25, 0.3) is 0 Å². The Kier molecular flexibility index (Phi) is 4.35. The van der Waals surface area contributed by atoms with Crippen LogP contribution < -0.4 is 10.1 Å². The third-order valence-electron chi connectivity index (χ3n) is 3.47. The van der Waals surface area contributed by atoms with E-state index in [1.54, 1.807) is 19.5 Å². The summed E-state index contributed by atoms with van der Waals surface area (Å²) in [6.07, 6.45) is 3.34. The molecule has 0 amide bonds. The zero-order valence-electron chi connectivity index (χ0n) is 12.7. The summed E-state index contributed by atoms with van der Waals surface area (Å²) < 4.78 is 5.34. The largest absolute Gasteiger partial charge is 0.480 e. The van der Waals surface area contributed by atoms with E-state index in [0.29, 0.717) is 5.88 Å². The molecule has 20 heavy (non-hydrogen) atoms. The number of ether oxygens (including phenoxy) is 1. The molecule has 1 aromatic heterocycles. The summed E-state index contributed by atoms with van der Waals surface area (Å²) in [4.78, 5) is 8.70. The van der Waals surface area contributed by atoms with Gasteiger partial charge in [0.2, 0.25) is 5.88 Å². The van der Waals surface area contributed by atoms with Crippen molar-refractivity contribution in [3.05, 3.63) is 52.5 Å². The zero-order valence-corrected chi connectivity index (χ0v) is 12.7. The fraction of sp³-hybridized carbons (Fsp3) is 0.375. The van der Waals surface area contributed by atoms with Gasteiger partial charge in [0.1, 0.15) is 5.69 Å². The van der Waals surface area contributed by atoms with Gasteiger partial charge >= 0.3 is 0 Å². The Bertz CT molecular complexity index is 587. The molecule has 1 aromatic carbocycles. The highest BCUT2D eigenvalue weighted by molar-refractivity contribution is 5.44. The average molecular weight is 271 g/mol. The topological polar surface area (TPSA) is 47.0 Å². The van der Waals surface area contributed by atoms with E-state index in [-0.39, 0.29) is 6.04 Å². The number of aromatic nitrogens is 2. The second-order valence-electron chi connectivity index (χ2n) is 4.98. The van der Waals surface area contributed by atoms with Crippen molar-refractivity contribution in [2.24, 2.45) is 0 Å². The first-order valence-electron chi connectivity index (χ1n) is 6.68. The molecule has 2 rings (SSSR count). The molecule has 0 fully saturated rings. The smallest absolute Gasteiger partial charge is 0.237 e. The van der Waals surface area contributed by atoms with Gasteiger partial charge in [-0.1, -0.05) is 17.7 Å². The normalized spacial score (nSPS) is 12.2. The molecular weight excluding hydrogens is 250 g/mol. The van der Waals surface area contributed by atoms with Crippen LogP contribution in [0.1, 0.15) is 34.0 Å². The molecule has 0 aliphatic rings. The first-order valence-corrected chi connectivity index (χ1v) is 6.68. The molecule has 1 atom stereocenters. The third kappa shape index (κ3) is 2.65. The first kappa shape index (κ1) is 14.5. The van der Waals surface area contributed by atoms with Crippen LogP contribution in [0.2, 0.25) is 0 Å². The lowest BCUT2D eigenvalue weighted by Crippen LogP contribution is -2.22. The van der Waals surface area contributed by atoms with Gasteiger partial charge in [-0.05, 0) is 44.5 Å². The number of aryl methyl sites for hydroxylation is 3. The molecule has 4 nitrogen and oxygen atoms in total. The predicted octanol–water partition coefficient (Wildman–Crippen LogP) is 2.72. The maximum atomic E-state index is 5.34. The Labute approximate surface area is 120 Å². The van der Waals surface area contributed by atoms with Crippen molar-refractivity contribution >= 4 is 0 Å². The molecule has 0 saturated carbocycles. The predicted molar refractivity (Wildman–Crippen MR) is 80.1 cm³/mol. The summed E-state index contributed by atoms with van der Waals surface area (Å²) in [7, 11) is 3.55. The van der Waals surface area contributed by atoms with Gasteiger partial charge in [-0.25, -0.2) is 4.98 Å². The summed E-state index contributed by atoms with van der Waals surface area (Å²) in [6, 6.07) is 4.35. The maximum absolute atomic E-state index is 5.34. The average Bonchev–Trinajstić information content (AvgIpc) is 2.42.